The molecule has 0 spiro atoms. The van der Waals surface area contributed by atoms with Gasteiger partial charge in [-0.1, -0.05) is 42.5 Å². The largest absolute Gasteiger partial charge is 0.314 e. The molecule has 32 heavy (non-hydrogen) atoms. The smallest absolute Gasteiger partial charge is 0.262 e. The second-order valence-electron chi connectivity index (χ2n) is 8.39. The van der Waals surface area contributed by atoms with Crippen molar-refractivity contribution < 1.29 is 19.2 Å². The molecule has 0 radical (unpaired) electrons. The summed E-state index contributed by atoms with van der Waals surface area (Å²) >= 11 is 0. The van der Waals surface area contributed by atoms with Crippen molar-refractivity contribution >= 4 is 23.6 Å². The van der Waals surface area contributed by atoms with Gasteiger partial charge in [0.25, 0.3) is 11.8 Å². The van der Waals surface area contributed by atoms with E-state index in [1.807, 2.05) is 24.3 Å². The molecule has 2 aromatic carbocycles. The molecule has 8 nitrogen and oxygen atoms in total. The van der Waals surface area contributed by atoms with Gasteiger partial charge in [-0.3, -0.25) is 34.3 Å². The number of benzene rings is 2. The lowest BCUT2D eigenvalue weighted by Gasteiger charge is -2.37. The zero-order valence-corrected chi connectivity index (χ0v) is 17.5. The molecule has 2 aromatic rings. The summed E-state index contributed by atoms with van der Waals surface area (Å²) in [6.45, 7) is 2.97. The maximum absolute atomic E-state index is 13.4. The fourth-order valence-electron chi connectivity index (χ4n) is 4.87. The SMILES string of the molecule is O=C1CCC(N2C(=O)c3cccc(CN4CCNCC4c4ccccc4)c3C2=O)C(=O)N1. The van der Waals surface area contributed by atoms with E-state index in [9.17, 15) is 19.2 Å². The van der Waals surface area contributed by atoms with Gasteiger partial charge >= 0.3 is 0 Å². The predicted octanol–water partition coefficient (Wildman–Crippen LogP) is 1.23. The van der Waals surface area contributed by atoms with Gasteiger partial charge in [0.15, 0.2) is 0 Å². The van der Waals surface area contributed by atoms with E-state index in [2.05, 4.69) is 27.7 Å². The van der Waals surface area contributed by atoms with Crippen LogP contribution in [-0.4, -0.2) is 59.1 Å². The number of rotatable bonds is 4. The van der Waals surface area contributed by atoms with E-state index in [1.54, 1.807) is 12.1 Å². The summed E-state index contributed by atoms with van der Waals surface area (Å²) < 4.78 is 0. The average molecular weight is 432 g/mol. The highest BCUT2D eigenvalue weighted by atomic mass is 16.2. The van der Waals surface area contributed by atoms with Gasteiger partial charge in [0.1, 0.15) is 6.04 Å². The maximum atomic E-state index is 13.4. The minimum atomic E-state index is -0.954. The lowest BCUT2D eigenvalue weighted by molar-refractivity contribution is -0.136. The molecule has 2 unspecified atom stereocenters. The molecule has 8 heteroatoms. The Bertz CT molecular complexity index is 1100. The maximum Gasteiger partial charge on any atom is 0.262 e. The second kappa shape index (κ2) is 8.29. The van der Waals surface area contributed by atoms with Crippen LogP contribution in [0.2, 0.25) is 0 Å². The number of hydrogen-bond acceptors (Lipinski definition) is 6. The summed E-state index contributed by atoms with van der Waals surface area (Å²) in [5.41, 5.74) is 2.66. The van der Waals surface area contributed by atoms with E-state index in [0.717, 1.165) is 30.1 Å². The van der Waals surface area contributed by atoms with Gasteiger partial charge in [0.05, 0.1) is 11.1 Å². The Morgan fingerprint density at radius 1 is 0.906 bits per heavy atom. The van der Waals surface area contributed by atoms with Crippen molar-refractivity contribution in [1.29, 1.82) is 0 Å². The minimum Gasteiger partial charge on any atom is -0.314 e. The molecule has 2 fully saturated rings. The molecule has 0 saturated carbocycles. The van der Waals surface area contributed by atoms with E-state index in [-0.39, 0.29) is 24.8 Å². The first-order chi connectivity index (χ1) is 15.5. The number of carbonyl (C=O) groups is 4. The van der Waals surface area contributed by atoms with Crippen LogP contribution in [0.4, 0.5) is 0 Å². The van der Waals surface area contributed by atoms with Crippen LogP contribution in [0, 0.1) is 0 Å². The molecule has 0 aliphatic carbocycles. The van der Waals surface area contributed by atoms with Gasteiger partial charge in [-0.15, -0.1) is 0 Å². The van der Waals surface area contributed by atoms with E-state index in [4.69, 9.17) is 0 Å². The Balaban J connectivity index is 1.44. The second-order valence-corrected chi connectivity index (χ2v) is 8.39. The third-order valence-electron chi connectivity index (χ3n) is 6.47. The summed E-state index contributed by atoms with van der Waals surface area (Å²) in [7, 11) is 0. The molecule has 3 aliphatic heterocycles. The number of nitrogens with one attached hydrogen (secondary N) is 2. The van der Waals surface area contributed by atoms with Crippen LogP contribution in [0.15, 0.2) is 48.5 Å². The molecule has 3 heterocycles. The standard InChI is InChI=1S/C24H24N4O4/c29-20-10-9-18(22(30)26-20)28-23(31)17-8-4-7-16(21(17)24(28)32)14-27-12-11-25-13-19(27)15-5-2-1-3-6-15/h1-8,18-19,25H,9-14H2,(H,26,29,30). The van der Waals surface area contributed by atoms with Crippen molar-refractivity contribution in [3.05, 3.63) is 70.8 Å². The number of piperazine rings is 1. The van der Waals surface area contributed by atoms with Crippen LogP contribution in [0.3, 0.4) is 0 Å². The summed E-state index contributed by atoms with van der Waals surface area (Å²) in [6.07, 6.45) is 0.259. The fourth-order valence-corrected chi connectivity index (χ4v) is 4.87. The van der Waals surface area contributed by atoms with Gasteiger partial charge in [-0.2, -0.15) is 0 Å². The molecule has 4 amide bonds. The first kappa shape index (κ1) is 20.5. The van der Waals surface area contributed by atoms with E-state index < -0.39 is 23.8 Å². The van der Waals surface area contributed by atoms with E-state index in [0.29, 0.717) is 17.7 Å². The highest BCUT2D eigenvalue weighted by molar-refractivity contribution is 6.24. The molecule has 164 valence electrons. The van der Waals surface area contributed by atoms with Gasteiger partial charge in [-0.05, 0) is 23.6 Å². The quantitative estimate of drug-likeness (QED) is 0.706. The third-order valence-corrected chi connectivity index (χ3v) is 6.47. The van der Waals surface area contributed by atoms with Gasteiger partial charge < -0.3 is 5.32 Å². The number of nitrogens with zero attached hydrogens (tertiary/aromatic N) is 2. The van der Waals surface area contributed by atoms with Crippen molar-refractivity contribution in [3.63, 3.8) is 0 Å². The molecular formula is C24H24N4O4. The van der Waals surface area contributed by atoms with E-state index >= 15 is 0 Å². The lowest BCUT2D eigenvalue weighted by atomic mass is 9.99. The van der Waals surface area contributed by atoms with Crippen LogP contribution in [0.25, 0.3) is 0 Å². The van der Waals surface area contributed by atoms with Crippen molar-refractivity contribution in [1.82, 2.24) is 20.4 Å². The van der Waals surface area contributed by atoms with E-state index in [1.165, 1.54) is 5.56 Å². The summed E-state index contributed by atoms with van der Waals surface area (Å²) in [6, 6.07) is 14.7. The van der Waals surface area contributed by atoms with Crippen molar-refractivity contribution in [2.75, 3.05) is 19.6 Å². The number of piperidine rings is 1. The van der Waals surface area contributed by atoms with Crippen molar-refractivity contribution in [2.24, 2.45) is 0 Å². The molecule has 5 rings (SSSR count). The monoisotopic (exact) mass is 432 g/mol. The number of hydrogen-bond donors (Lipinski definition) is 2. The molecule has 0 aromatic heterocycles. The summed E-state index contributed by atoms with van der Waals surface area (Å²) in [4.78, 5) is 53.6. The van der Waals surface area contributed by atoms with Gasteiger partial charge in [-0.25, -0.2) is 0 Å². The molecule has 3 aliphatic rings. The highest BCUT2D eigenvalue weighted by Crippen LogP contribution is 2.32. The van der Waals surface area contributed by atoms with Crippen LogP contribution < -0.4 is 10.6 Å². The first-order valence-electron chi connectivity index (χ1n) is 10.9. The Morgan fingerprint density at radius 3 is 2.50 bits per heavy atom. The summed E-state index contributed by atoms with van der Waals surface area (Å²) in [5, 5.41) is 5.67. The number of amides is 4. The van der Waals surface area contributed by atoms with Crippen LogP contribution >= 0.6 is 0 Å². The topological polar surface area (TPSA) is 98.8 Å². The minimum absolute atomic E-state index is 0.107. The number of carbonyl (C=O) groups excluding carboxylic acids is 4. The molecule has 2 saturated heterocycles. The Labute approximate surface area is 185 Å². The normalized spacial score (nSPS) is 23.9. The summed E-state index contributed by atoms with van der Waals surface area (Å²) in [5.74, 6) is -1.90. The Hall–Kier alpha value is -3.36. The predicted molar refractivity (Wildman–Crippen MR) is 116 cm³/mol. The zero-order valence-electron chi connectivity index (χ0n) is 17.5. The first-order valence-corrected chi connectivity index (χ1v) is 10.9. The molecular weight excluding hydrogens is 408 g/mol. The van der Waals surface area contributed by atoms with Crippen LogP contribution in [0.1, 0.15) is 50.7 Å². The molecule has 0 bridgehead atoms. The average Bonchev–Trinajstić information content (AvgIpc) is 3.06. The fraction of sp³-hybridized carbons (Fsp3) is 0.333. The van der Waals surface area contributed by atoms with Crippen molar-refractivity contribution in [3.8, 4) is 0 Å². The third kappa shape index (κ3) is 3.51. The molecule has 2 atom stereocenters. The van der Waals surface area contributed by atoms with Crippen LogP contribution in [0.5, 0.6) is 0 Å². The lowest BCUT2D eigenvalue weighted by Crippen LogP contribution is -2.54. The van der Waals surface area contributed by atoms with Crippen molar-refractivity contribution in [2.45, 2.75) is 31.5 Å². The van der Waals surface area contributed by atoms with Gasteiger partial charge in [0, 0.05) is 38.6 Å². The Kier molecular flexibility index (Phi) is 5.32. The zero-order chi connectivity index (χ0) is 22.2. The van der Waals surface area contributed by atoms with Gasteiger partial charge in [0.2, 0.25) is 11.8 Å². The number of fused-ring (bicyclic) bond motifs is 1. The Morgan fingerprint density at radius 2 is 1.72 bits per heavy atom. The highest BCUT2D eigenvalue weighted by Gasteiger charge is 2.45. The van der Waals surface area contributed by atoms with Crippen LogP contribution in [-0.2, 0) is 16.1 Å². The number of imide groups is 2. The molecule has 2 N–H and O–H groups in total.